The second-order valence-corrected chi connectivity index (χ2v) is 7.79. The van der Waals surface area contributed by atoms with Gasteiger partial charge in [-0.3, -0.25) is 0 Å². The summed E-state index contributed by atoms with van der Waals surface area (Å²) in [6.45, 7) is 8.66. The Balaban J connectivity index is 2.08. The van der Waals surface area contributed by atoms with Gasteiger partial charge in [-0.15, -0.1) is 0 Å². The van der Waals surface area contributed by atoms with Crippen LogP contribution in [0.5, 0.6) is 0 Å². The van der Waals surface area contributed by atoms with Gasteiger partial charge in [0.25, 0.3) is 0 Å². The maximum atomic E-state index is 4.84. The Morgan fingerprint density at radius 3 is 1.50 bits per heavy atom. The van der Waals surface area contributed by atoms with Crippen molar-refractivity contribution in [3.05, 3.63) is 51.6 Å². The zero-order valence-corrected chi connectivity index (χ0v) is 17.7. The molecule has 0 saturated heterocycles. The third-order valence-electron chi connectivity index (χ3n) is 3.93. The van der Waals surface area contributed by atoms with Crippen molar-refractivity contribution >= 4 is 31.2 Å². The minimum absolute atomic E-state index is 0.400. The van der Waals surface area contributed by atoms with E-state index in [4.69, 9.17) is 4.98 Å². The van der Waals surface area contributed by atoms with E-state index in [9.17, 15) is 0 Å². The molecule has 0 aromatic carbocycles. The number of nitrogens with zero attached hydrogens (tertiary/aromatic N) is 5. The summed E-state index contributed by atoms with van der Waals surface area (Å²) in [4.78, 5) is 4.84. The fourth-order valence-electron chi connectivity index (χ4n) is 2.60. The topological polar surface area (TPSA) is 32.6 Å². The average molecular weight is 453 g/mol. The number of rotatable bonds is 4. The van der Waals surface area contributed by atoms with Gasteiger partial charge in [0.15, 0.2) is 0 Å². The Morgan fingerprint density at radius 2 is 1.17 bits per heavy atom. The first-order valence-corrected chi connectivity index (χ1v) is 9.68. The minimum atomic E-state index is 0.400. The molecule has 0 aliphatic carbocycles. The summed E-state index contributed by atoms with van der Waals surface area (Å²) in [7, 11) is 0. The van der Waals surface area contributed by atoms with Gasteiger partial charge in [-0.1, -0.05) is 0 Å². The van der Waals surface area contributed by atoms with Gasteiger partial charge in [-0.25, -0.2) is 0 Å². The monoisotopic (exact) mass is 455 g/mol. The van der Waals surface area contributed by atoms with Crippen LogP contribution in [0.25, 0.3) is 11.6 Å². The molecular weight excluding hydrogens is 432 g/mol. The van der Waals surface area contributed by atoms with Gasteiger partial charge in [0, 0.05) is 0 Å². The molecule has 24 heavy (non-hydrogen) atoms. The van der Waals surface area contributed by atoms with E-state index in [0.29, 0.717) is 12.1 Å². The molecule has 0 radical (unpaired) electrons. The molecule has 0 N–H and O–H groups in total. The fraction of sp³-hybridized carbons (Fsp3) is 0.353. The van der Waals surface area contributed by atoms with Crippen molar-refractivity contribution in [2.45, 2.75) is 39.8 Å². The molecule has 3 heterocycles. The van der Waals surface area contributed by atoms with Crippen LogP contribution < -0.4 is 0 Å². The van der Waals surface area contributed by atoms with E-state index in [1.807, 2.05) is 30.6 Å². The first-order chi connectivity index (χ1) is 11.4. The van der Waals surface area contributed by atoms with E-state index in [-0.39, 0.29) is 0 Å². The summed E-state index contributed by atoms with van der Waals surface area (Å²) < 4.78 is 10.6. The van der Waals surface area contributed by atoms with Crippen LogP contribution in [-0.4, -0.2) is 54.4 Å². The molecule has 3 aromatic heterocycles. The van der Waals surface area contributed by atoms with Crippen LogP contribution >= 0.6 is 0 Å². The summed E-state index contributed by atoms with van der Waals surface area (Å²) in [5.41, 5.74) is 0. The number of aromatic nitrogens is 5. The van der Waals surface area contributed by atoms with Gasteiger partial charge in [0.05, 0.1) is 0 Å². The SMILES string of the molecule is CC(C)n1ccn(-c2cccc(-n3ccn(C(C)C)c3=[Se])n2)c1=[Se]. The standard InChI is InChI=1S/C17H21N5Se2/c1-12(2)19-8-10-21(16(19)23)14-6-5-7-15(18-14)22-11-9-20(13(3)4)17(22)24/h5-13H,1-4H3. The number of hydrogen-bond acceptors (Lipinski definition) is 1. The van der Waals surface area contributed by atoms with Crippen LogP contribution in [0.2, 0.25) is 0 Å². The van der Waals surface area contributed by atoms with Gasteiger partial charge < -0.3 is 0 Å². The zero-order chi connectivity index (χ0) is 17.4. The zero-order valence-electron chi connectivity index (χ0n) is 14.2. The molecule has 0 atom stereocenters. The Kier molecular flexibility index (Phi) is 4.97. The molecule has 0 aliphatic rings. The van der Waals surface area contributed by atoms with E-state index in [2.05, 4.69) is 89.5 Å². The van der Waals surface area contributed by atoms with E-state index in [1.165, 1.54) is 0 Å². The molecule has 0 spiro atoms. The Hall–Kier alpha value is -1.39. The van der Waals surface area contributed by atoms with Gasteiger partial charge in [-0.05, 0) is 0 Å². The maximum absolute atomic E-state index is 4.84. The summed E-state index contributed by atoms with van der Waals surface area (Å²) >= 11 is 6.31. The molecule has 0 fully saturated rings. The molecule has 0 bridgehead atoms. The molecule has 126 valence electrons. The third-order valence-corrected chi connectivity index (χ3v) is 5.64. The molecular formula is C17H21N5Se2. The van der Waals surface area contributed by atoms with Crippen LogP contribution in [0.15, 0.2) is 43.0 Å². The van der Waals surface area contributed by atoms with Crippen molar-refractivity contribution in [2.75, 3.05) is 0 Å². The van der Waals surface area contributed by atoms with Crippen molar-refractivity contribution < 1.29 is 0 Å². The van der Waals surface area contributed by atoms with Gasteiger partial charge >= 0.3 is 157 Å². The van der Waals surface area contributed by atoms with E-state index in [0.717, 1.165) is 20.3 Å². The predicted molar refractivity (Wildman–Crippen MR) is 97.6 cm³/mol. The summed E-state index contributed by atoms with van der Waals surface area (Å²) in [6, 6.07) is 6.88. The number of imidazole rings is 2. The van der Waals surface area contributed by atoms with Crippen molar-refractivity contribution in [2.24, 2.45) is 0 Å². The molecule has 0 unspecified atom stereocenters. The van der Waals surface area contributed by atoms with Crippen molar-refractivity contribution in [3.8, 4) is 11.6 Å². The molecule has 0 amide bonds. The summed E-state index contributed by atoms with van der Waals surface area (Å²) in [6.07, 6.45) is 8.24. The molecule has 3 aromatic rings. The van der Waals surface area contributed by atoms with E-state index < -0.39 is 0 Å². The third kappa shape index (κ3) is 3.09. The van der Waals surface area contributed by atoms with Crippen LogP contribution in [0, 0.1) is 8.65 Å². The quantitative estimate of drug-likeness (QED) is 0.560. The molecule has 5 nitrogen and oxygen atoms in total. The summed E-state index contributed by atoms with van der Waals surface area (Å²) in [5, 5.41) is 0. The Labute approximate surface area is 157 Å². The van der Waals surface area contributed by atoms with Gasteiger partial charge in [0.2, 0.25) is 0 Å². The molecule has 7 heteroatoms. The number of pyridine rings is 1. The Bertz CT molecular complexity index is 896. The van der Waals surface area contributed by atoms with Crippen LogP contribution in [0.4, 0.5) is 0 Å². The van der Waals surface area contributed by atoms with Gasteiger partial charge in [-0.2, -0.15) is 0 Å². The predicted octanol–water partition coefficient (Wildman–Crippen LogP) is 2.83. The first-order valence-electron chi connectivity index (χ1n) is 7.97. The molecule has 0 aliphatic heterocycles. The van der Waals surface area contributed by atoms with Crippen molar-refractivity contribution in [3.63, 3.8) is 0 Å². The average Bonchev–Trinajstić information content (AvgIpc) is 3.10. The first kappa shape index (κ1) is 17.4. The number of hydrogen-bond donors (Lipinski definition) is 0. The molecule has 3 rings (SSSR count). The Morgan fingerprint density at radius 1 is 0.750 bits per heavy atom. The van der Waals surface area contributed by atoms with Crippen molar-refractivity contribution in [1.82, 2.24) is 23.3 Å². The van der Waals surface area contributed by atoms with E-state index in [1.54, 1.807) is 0 Å². The van der Waals surface area contributed by atoms with E-state index >= 15 is 0 Å². The van der Waals surface area contributed by atoms with Crippen LogP contribution in [0.1, 0.15) is 39.8 Å². The fourth-order valence-corrected chi connectivity index (χ4v) is 4.38. The normalized spacial score (nSPS) is 11.6. The van der Waals surface area contributed by atoms with Crippen molar-refractivity contribution in [1.29, 1.82) is 0 Å². The van der Waals surface area contributed by atoms with Crippen LogP contribution in [-0.2, 0) is 0 Å². The van der Waals surface area contributed by atoms with Crippen LogP contribution in [0.3, 0.4) is 0 Å². The summed E-state index contributed by atoms with van der Waals surface area (Å²) in [5.74, 6) is 1.79. The molecule has 0 saturated carbocycles. The second kappa shape index (κ2) is 6.85. The van der Waals surface area contributed by atoms with Gasteiger partial charge in [0.1, 0.15) is 0 Å². The second-order valence-electron chi connectivity index (χ2n) is 6.26.